The van der Waals surface area contributed by atoms with Crippen LogP contribution >= 0.6 is 33.4 Å². The summed E-state index contributed by atoms with van der Waals surface area (Å²) in [6.45, 7) is 4.14. The number of nitrogens with one attached hydrogen (secondary N) is 1. The molecule has 0 aliphatic heterocycles. The largest absolute Gasteiger partial charge is 0.269 e. The third kappa shape index (κ3) is 6.26. The van der Waals surface area contributed by atoms with E-state index in [1.54, 1.807) is 0 Å². The molecular weight excluding hydrogens is 429 g/mol. The monoisotopic (exact) mass is 455 g/mol. The van der Waals surface area contributed by atoms with E-state index in [9.17, 15) is 0 Å². The summed E-state index contributed by atoms with van der Waals surface area (Å²) in [5, 5.41) is 3.74. The molecule has 0 heterocycles. The predicted octanol–water partition coefficient (Wildman–Crippen LogP) is 8.24. The maximum Gasteiger partial charge on any atom is 0.0512 e. The smallest absolute Gasteiger partial charge is 0.0512 e. The topological polar surface area (TPSA) is 12.0 Å². The number of benzene rings is 3. The summed E-state index contributed by atoms with van der Waals surface area (Å²) in [5.74, 6) is 0.0572. The van der Waals surface area contributed by atoms with E-state index in [0.29, 0.717) is 0 Å². The third-order valence-electron chi connectivity index (χ3n) is 4.91. The van der Waals surface area contributed by atoms with Crippen molar-refractivity contribution in [2.75, 3.05) is 12.5 Å². The van der Waals surface area contributed by atoms with Crippen LogP contribution in [-0.4, -0.2) is 12.5 Å². The van der Waals surface area contributed by atoms with Crippen molar-refractivity contribution in [2.45, 2.75) is 12.0 Å². The Labute approximate surface area is 191 Å². The van der Waals surface area contributed by atoms with E-state index in [0.717, 1.165) is 21.2 Å². The van der Waals surface area contributed by atoms with Gasteiger partial charge in [-0.05, 0) is 65.0 Å². The van der Waals surface area contributed by atoms with Crippen molar-refractivity contribution in [2.24, 2.45) is 0 Å². The minimum atomic E-state index is -1.25. The second-order valence-corrected chi connectivity index (χ2v) is 11.8. The Kier molecular flexibility index (Phi) is 7.85. The van der Waals surface area contributed by atoms with E-state index in [1.807, 2.05) is 42.5 Å². The first-order valence-corrected chi connectivity index (χ1v) is 13.0. The van der Waals surface area contributed by atoms with Crippen LogP contribution in [0.25, 0.3) is 6.08 Å². The van der Waals surface area contributed by atoms with Gasteiger partial charge in [0.25, 0.3) is 0 Å². The average molecular weight is 456 g/mol. The molecule has 2 atom stereocenters. The Hall–Kier alpha value is -1.97. The van der Waals surface area contributed by atoms with Crippen LogP contribution in [0.3, 0.4) is 0 Å². The first-order valence-electron chi connectivity index (χ1n) is 9.75. The lowest BCUT2D eigenvalue weighted by Crippen LogP contribution is -2.28. The fraction of sp³-hybridized carbons (Fsp3) is 0.154. The van der Waals surface area contributed by atoms with Gasteiger partial charge in [0.2, 0.25) is 0 Å². The fourth-order valence-electron chi connectivity index (χ4n) is 3.38. The van der Waals surface area contributed by atoms with E-state index in [-0.39, 0.29) is 12.0 Å². The first-order chi connectivity index (χ1) is 14.4. The van der Waals surface area contributed by atoms with Crippen LogP contribution in [0.5, 0.6) is 0 Å². The highest BCUT2D eigenvalue weighted by molar-refractivity contribution is 8.33. The maximum absolute atomic E-state index is 6.29. The number of hydrogen-bond donors (Lipinski definition) is 1. The van der Waals surface area contributed by atoms with E-state index in [1.165, 1.54) is 5.56 Å². The van der Waals surface area contributed by atoms with Gasteiger partial charge in [0, 0.05) is 16.0 Å². The zero-order valence-electron chi connectivity index (χ0n) is 17.3. The van der Waals surface area contributed by atoms with Crippen LogP contribution in [-0.2, 0) is 0 Å². The molecule has 3 rings (SSSR count). The highest BCUT2D eigenvalue weighted by atomic mass is 35.5. The van der Waals surface area contributed by atoms with Crippen LogP contribution in [0.15, 0.2) is 96.9 Å². The lowest BCUT2D eigenvalue weighted by Gasteiger charge is -2.37. The molecule has 0 aliphatic rings. The fourth-order valence-corrected chi connectivity index (χ4v) is 5.21. The molecule has 0 spiro atoms. The van der Waals surface area contributed by atoms with Gasteiger partial charge in [-0.2, -0.15) is 10.2 Å². The summed E-state index contributed by atoms with van der Waals surface area (Å²) in [6, 6.07) is 26.4. The van der Waals surface area contributed by atoms with Crippen molar-refractivity contribution in [3.63, 3.8) is 0 Å². The molecule has 0 bridgehead atoms. The van der Waals surface area contributed by atoms with Gasteiger partial charge < -0.3 is 0 Å². The summed E-state index contributed by atoms with van der Waals surface area (Å²) in [5.41, 5.74) is 3.49. The Morgan fingerprint density at radius 1 is 0.833 bits per heavy atom. The zero-order chi connectivity index (χ0) is 21.6. The molecule has 0 radical (unpaired) electrons. The van der Waals surface area contributed by atoms with Crippen molar-refractivity contribution >= 4 is 39.5 Å². The van der Waals surface area contributed by atoms with Gasteiger partial charge in [-0.15, -0.1) is 6.58 Å². The summed E-state index contributed by atoms with van der Waals surface area (Å²) >= 11 is 12.4. The summed E-state index contributed by atoms with van der Waals surface area (Å²) in [7, 11) is -1.25. The minimum Gasteiger partial charge on any atom is -0.269 e. The lowest BCUT2D eigenvalue weighted by molar-refractivity contribution is 0.604. The molecule has 0 unspecified atom stereocenters. The number of hydrogen-bond acceptors (Lipinski definition) is 1. The van der Waals surface area contributed by atoms with E-state index in [2.05, 4.69) is 77.8 Å². The Bertz CT molecular complexity index is 997. The molecule has 0 aromatic heterocycles. The standard InChI is InChI=1S/C26H27Cl2NS/c1-4-25(22-11-8-12-24(28)19-22)26(21-13-15-23(27)16-14-21)29-30(2,3)18-17-20-9-6-5-7-10-20/h4-19,25-26,29H,1H2,2-3H3/b18-17+/t25-,26-/m1/s1. The lowest BCUT2D eigenvalue weighted by atomic mass is 9.88. The van der Waals surface area contributed by atoms with Crippen LogP contribution in [0.2, 0.25) is 10.0 Å². The number of halogens is 2. The molecule has 30 heavy (non-hydrogen) atoms. The van der Waals surface area contributed by atoms with Gasteiger partial charge in [-0.3, -0.25) is 4.72 Å². The van der Waals surface area contributed by atoms with Gasteiger partial charge in [-0.1, -0.05) is 83.9 Å². The van der Waals surface area contributed by atoms with Crippen LogP contribution in [0, 0.1) is 0 Å². The summed E-state index contributed by atoms with van der Waals surface area (Å²) < 4.78 is 3.91. The SMILES string of the molecule is C=C[C@H](c1cccc(Cl)c1)[C@H](NS(C)(C)/C=C/c1ccccc1)c1ccc(Cl)cc1. The number of rotatable bonds is 8. The van der Waals surface area contributed by atoms with E-state index in [4.69, 9.17) is 23.2 Å². The second-order valence-electron chi connectivity index (χ2n) is 7.58. The van der Waals surface area contributed by atoms with Crippen LogP contribution < -0.4 is 4.72 Å². The van der Waals surface area contributed by atoms with Crippen molar-refractivity contribution in [1.29, 1.82) is 0 Å². The minimum absolute atomic E-state index is 0.0312. The zero-order valence-corrected chi connectivity index (χ0v) is 19.6. The molecule has 0 saturated heterocycles. The highest BCUT2D eigenvalue weighted by Crippen LogP contribution is 2.45. The van der Waals surface area contributed by atoms with Crippen molar-refractivity contribution in [1.82, 2.24) is 4.72 Å². The van der Waals surface area contributed by atoms with Crippen molar-refractivity contribution in [3.05, 3.63) is 124 Å². The predicted molar refractivity (Wildman–Crippen MR) is 137 cm³/mol. The molecule has 0 aliphatic carbocycles. The molecule has 1 N–H and O–H groups in total. The van der Waals surface area contributed by atoms with Gasteiger partial charge in [0.05, 0.1) is 6.04 Å². The van der Waals surface area contributed by atoms with Gasteiger partial charge in [0.1, 0.15) is 0 Å². The van der Waals surface area contributed by atoms with Crippen LogP contribution in [0.4, 0.5) is 0 Å². The Morgan fingerprint density at radius 2 is 1.53 bits per heavy atom. The van der Waals surface area contributed by atoms with Crippen molar-refractivity contribution < 1.29 is 0 Å². The van der Waals surface area contributed by atoms with E-state index < -0.39 is 10.2 Å². The van der Waals surface area contributed by atoms with Crippen molar-refractivity contribution in [3.8, 4) is 0 Å². The average Bonchev–Trinajstić information content (AvgIpc) is 2.74. The maximum atomic E-state index is 6.29. The molecule has 4 heteroatoms. The van der Waals surface area contributed by atoms with Gasteiger partial charge in [-0.25, -0.2) is 0 Å². The summed E-state index contributed by atoms with van der Waals surface area (Å²) in [4.78, 5) is 0. The molecule has 3 aromatic carbocycles. The van der Waals surface area contributed by atoms with Crippen LogP contribution in [0.1, 0.15) is 28.7 Å². The highest BCUT2D eigenvalue weighted by Gasteiger charge is 2.26. The van der Waals surface area contributed by atoms with Gasteiger partial charge >= 0.3 is 0 Å². The summed E-state index contributed by atoms with van der Waals surface area (Å²) in [6.07, 6.45) is 8.69. The molecular formula is C26H27Cl2NS. The quantitative estimate of drug-likeness (QED) is 0.337. The third-order valence-corrected chi connectivity index (χ3v) is 7.07. The molecule has 0 amide bonds. The molecule has 3 aromatic rings. The van der Waals surface area contributed by atoms with E-state index >= 15 is 0 Å². The molecule has 0 fully saturated rings. The van der Waals surface area contributed by atoms with Gasteiger partial charge in [0.15, 0.2) is 0 Å². The normalized spacial score (nSPS) is 14.4. The first kappa shape index (κ1) is 22.7. The Balaban J connectivity index is 1.95. The Morgan fingerprint density at radius 3 is 2.17 bits per heavy atom. The molecule has 1 nitrogen and oxygen atoms in total. The molecule has 0 saturated carbocycles. The second kappa shape index (κ2) is 10.4. The molecule has 156 valence electrons.